The van der Waals surface area contributed by atoms with Gasteiger partial charge in [-0.15, -0.1) is 0 Å². The fourth-order valence-corrected chi connectivity index (χ4v) is 1.92. The topological polar surface area (TPSA) is 47.3 Å². The lowest BCUT2D eigenvalue weighted by Gasteiger charge is -2.20. The van der Waals surface area contributed by atoms with Gasteiger partial charge in [-0.1, -0.05) is 18.2 Å². The molecule has 1 fully saturated rings. The Morgan fingerprint density at radius 1 is 1.33 bits per heavy atom. The number of alkyl halides is 2. The van der Waals surface area contributed by atoms with E-state index in [0.29, 0.717) is 18.0 Å². The van der Waals surface area contributed by atoms with Crippen molar-refractivity contribution in [2.75, 3.05) is 13.1 Å². The van der Waals surface area contributed by atoms with Gasteiger partial charge in [-0.25, -0.2) is 0 Å². The molecule has 0 heterocycles. The molecule has 0 aromatic heterocycles. The third-order valence-corrected chi connectivity index (χ3v) is 3.10. The SMILES string of the molecule is NCC(NCC1CC1)c1ccccc1OC(F)F. The zero-order chi connectivity index (χ0) is 13.0. The van der Waals surface area contributed by atoms with Crippen LogP contribution in [0.1, 0.15) is 24.4 Å². The highest BCUT2D eigenvalue weighted by Crippen LogP contribution is 2.30. The van der Waals surface area contributed by atoms with Gasteiger partial charge in [0.15, 0.2) is 0 Å². The van der Waals surface area contributed by atoms with E-state index in [-0.39, 0.29) is 11.8 Å². The fraction of sp³-hybridized carbons (Fsp3) is 0.538. The van der Waals surface area contributed by atoms with Crippen LogP contribution in [0.4, 0.5) is 8.78 Å². The molecule has 1 saturated carbocycles. The largest absolute Gasteiger partial charge is 0.434 e. The Labute approximate surface area is 105 Å². The van der Waals surface area contributed by atoms with Crippen molar-refractivity contribution < 1.29 is 13.5 Å². The minimum absolute atomic E-state index is 0.138. The van der Waals surface area contributed by atoms with Crippen LogP contribution < -0.4 is 15.8 Å². The Kier molecular flexibility index (Phi) is 4.49. The van der Waals surface area contributed by atoms with Crippen LogP contribution in [0.15, 0.2) is 24.3 Å². The molecule has 1 aromatic carbocycles. The number of rotatable bonds is 7. The lowest BCUT2D eigenvalue weighted by Crippen LogP contribution is -2.30. The summed E-state index contributed by atoms with van der Waals surface area (Å²) in [6.45, 7) is -1.57. The first-order valence-electron chi connectivity index (χ1n) is 6.18. The predicted octanol–water partition coefficient (Wildman–Crippen LogP) is 2.29. The molecule has 1 aliphatic carbocycles. The summed E-state index contributed by atoms with van der Waals surface area (Å²) in [6.07, 6.45) is 2.47. The maximum atomic E-state index is 12.3. The lowest BCUT2D eigenvalue weighted by molar-refractivity contribution is -0.0507. The summed E-state index contributed by atoms with van der Waals surface area (Å²) in [5.74, 6) is 0.911. The van der Waals surface area contributed by atoms with Crippen LogP contribution in [0, 0.1) is 5.92 Å². The average molecular weight is 256 g/mol. The van der Waals surface area contributed by atoms with E-state index in [4.69, 9.17) is 5.73 Å². The summed E-state index contributed by atoms with van der Waals surface area (Å²) in [6, 6.07) is 6.66. The Balaban J connectivity index is 2.06. The Morgan fingerprint density at radius 2 is 2.06 bits per heavy atom. The monoisotopic (exact) mass is 256 g/mol. The van der Waals surface area contributed by atoms with Crippen molar-refractivity contribution in [1.82, 2.24) is 5.32 Å². The molecule has 0 saturated heterocycles. The van der Waals surface area contributed by atoms with Gasteiger partial charge >= 0.3 is 6.61 Å². The highest BCUT2D eigenvalue weighted by Gasteiger charge is 2.23. The molecule has 1 aliphatic rings. The molecule has 100 valence electrons. The number of hydrogen-bond acceptors (Lipinski definition) is 3. The number of halogens is 2. The fourth-order valence-electron chi connectivity index (χ4n) is 1.92. The number of para-hydroxylation sites is 1. The Bertz CT molecular complexity index is 383. The third-order valence-electron chi connectivity index (χ3n) is 3.10. The Morgan fingerprint density at radius 3 is 2.67 bits per heavy atom. The molecular formula is C13H18F2N2O. The summed E-state index contributed by atoms with van der Waals surface area (Å²) in [4.78, 5) is 0. The van der Waals surface area contributed by atoms with Crippen LogP contribution in [0.2, 0.25) is 0 Å². The van der Waals surface area contributed by atoms with Gasteiger partial charge in [-0.2, -0.15) is 8.78 Å². The van der Waals surface area contributed by atoms with Gasteiger partial charge in [-0.3, -0.25) is 0 Å². The summed E-state index contributed by atoms with van der Waals surface area (Å²) < 4.78 is 29.2. The van der Waals surface area contributed by atoms with Gasteiger partial charge in [0.1, 0.15) is 5.75 Å². The molecule has 0 radical (unpaired) electrons. The highest BCUT2D eigenvalue weighted by molar-refractivity contribution is 5.36. The second-order valence-electron chi connectivity index (χ2n) is 4.56. The van der Waals surface area contributed by atoms with E-state index >= 15 is 0 Å². The van der Waals surface area contributed by atoms with Gasteiger partial charge in [-0.05, 0) is 31.4 Å². The van der Waals surface area contributed by atoms with E-state index in [9.17, 15) is 8.78 Å². The van der Waals surface area contributed by atoms with Gasteiger partial charge < -0.3 is 15.8 Å². The van der Waals surface area contributed by atoms with Crippen LogP contribution in [0.25, 0.3) is 0 Å². The van der Waals surface area contributed by atoms with Crippen molar-refractivity contribution in [2.24, 2.45) is 11.7 Å². The normalized spacial score (nSPS) is 16.9. The van der Waals surface area contributed by atoms with E-state index < -0.39 is 6.61 Å². The molecule has 1 aromatic rings. The van der Waals surface area contributed by atoms with Crippen molar-refractivity contribution in [2.45, 2.75) is 25.5 Å². The zero-order valence-corrected chi connectivity index (χ0v) is 10.1. The minimum atomic E-state index is -2.81. The summed E-state index contributed by atoms with van der Waals surface area (Å²) >= 11 is 0. The lowest BCUT2D eigenvalue weighted by atomic mass is 10.1. The minimum Gasteiger partial charge on any atom is -0.434 e. The van der Waals surface area contributed by atoms with Crippen molar-refractivity contribution in [3.8, 4) is 5.75 Å². The maximum Gasteiger partial charge on any atom is 0.387 e. The first kappa shape index (κ1) is 13.2. The smallest absolute Gasteiger partial charge is 0.387 e. The number of benzene rings is 1. The van der Waals surface area contributed by atoms with Crippen LogP contribution in [0.5, 0.6) is 5.75 Å². The van der Waals surface area contributed by atoms with Gasteiger partial charge in [0.25, 0.3) is 0 Å². The second-order valence-corrected chi connectivity index (χ2v) is 4.56. The maximum absolute atomic E-state index is 12.3. The van der Waals surface area contributed by atoms with Crippen LogP contribution in [-0.2, 0) is 0 Å². The quantitative estimate of drug-likeness (QED) is 0.787. The molecule has 3 nitrogen and oxygen atoms in total. The Hall–Kier alpha value is -1.20. The number of nitrogens with two attached hydrogens (primary N) is 1. The molecular weight excluding hydrogens is 238 g/mol. The molecule has 3 N–H and O–H groups in total. The summed E-state index contributed by atoms with van der Waals surface area (Å²) in [5, 5.41) is 3.31. The molecule has 0 spiro atoms. The van der Waals surface area contributed by atoms with Crippen LogP contribution in [0.3, 0.4) is 0 Å². The zero-order valence-electron chi connectivity index (χ0n) is 10.1. The van der Waals surface area contributed by atoms with Crippen LogP contribution >= 0.6 is 0 Å². The molecule has 1 atom stereocenters. The van der Waals surface area contributed by atoms with E-state index in [2.05, 4.69) is 10.1 Å². The molecule has 1 unspecified atom stereocenters. The van der Waals surface area contributed by atoms with E-state index in [1.165, 1.54) is 12.8 Å². The third kappa shape index (κ3) is 3.65. The standard InChI is InChI=1S/C13H18F2N2O/c14-13(15)18-12-4-2-1-3-10(12)11(7-16)17-8-9-5-6-9/h1-4,9,11,13,17H,5-8,16H2. The van der Waals surface area contributed by atoms with Crippen LogP contribution in [-0.4, -0.2) is 19.7 Å². The molecule has 5 heteroatoms. The van der Waals surface area contributed by atoms with E-state index in [0.717, 1.165) is 6.54 Å². The summed E-state index contributed by atoms with van der Waals surface area (Å²) in [5.41, 5.74) is 6.40. The van der Waals surface area contributed by atoms with Crippen molar-refractivity contribution in [3.05, 3.63) is 29.8 Å². The van der Waals surface area contributed by atoms with Gasteiger partial charge in [0.2, 0.25) is 0 Å². The van der Waals surface area contributed by atoms with Gasteiger partial charge in [0.05, 0.1) is 0 Å². The highest BCUT2D eigenvalue weighted by atomic mass is 19.3. The number of hydrogen-bond donors (Lipinski definition) is 2. The molecule has 0 aliphatic heterocycles. The molecule has 2 rings (SSSR count). The molecule has 0 bridgehead atoms. The average Bonchev–Trinajstić information content (AvgIpc) is 3.15. The van der Waals surface area contributed by atoms with Gasteiger partial charge in [0, 0.05) is 18.2 Å². The van der Waals surface area contributed by atoms with E-state index in [1.807, 2.05) is 0 Å². The van der Waals surface area contributed by atoms with Crippen molar-refractivity contribution in [1.29, 1.82) is 0 Å². The second kappa shape index (κ2) is 6.11. The number of ether oxygens (including phenoxy) is 1. The first-order chi connectivity index (χ1) is 8.70. The van der Waals surface area contributed by atoms with Crippen molar-refractivity contribution in [3.63, 3.8) is 0 Å². The molecule has 18 heavy (non-hydrogen) atoms. The van der Waals surface area contributed by atoms with E-state index in [1.54, 1.807) is 24.3 Å². The first-order valence-corrected chi connectivity index (χ1v) is 6.18. The summed E-state index contributed by atoms with van der Waals surface area (Å²) in [7, 11) is 0. The van der Waals surface area contributed by atoms with Crippen molar-refractivity contribution >= 4 is 0 Å². The predicted molar refractivity (Wildman–Crippen MR) is 65.6 cm³/mol. The number of nitrogens with one attached hydrogen (secondary N) is 1. The molecule has 0 amide bonds.